The minimum atomic E-state index is -4.46. The summed E-state index contributed by atoms with van der Waals surface area (Å²) in [7, 11) is -3.52. The summed E-state index contributed by atoms with van der Waals surface area (Å²) in [6, 6.07) is 5.20. The van der Waals surface area contributed by atoms with Gasteiger partial charge in [0, 0.05) is 22.5 Å². The van der Waals surface area contributed by atoms with Gasteiger partial charge in [-0.05, 0) is 24.6 Å². The molecular formula is C20H19F3N6O3S2. The summed E-state index contributed by atoms with van der Waals surface area (Å²) in [6.45, 7) is 0.566. The van der Waals surface area contributed by atoms with E-state index in [2.05, 4.69) is 32.8 Å². The lowest BCUT2D eigenvalue weighted by Crippen LogP contribution is -2.22. The molecule has 0 radical (unpaired) electrons. The average molecular weight is 513 g/mol. The maximum Gasteiger partial charge on any atom is 0.408 e. The van der Waals surface area contributed by atoms with E-state index in [0.29, 0.717) is 46.1 Å². The maximum absolute atomic E-state index is 12.9. The molecule has 180 valence electrons. The van der Waals surface area contributed by atoms with Crippen LogP contribution in [0.4, 0.5) is 13.2 Å². The molecule has 3 heterocycles. The van der Waals surface area contributed by atoms with Gasteiger partial charge in [0.15, 0.2) is 5.82 Å². The molecule has 1 aromatic carbocycles. The zero-order valence-electron chi connectivity index (χ0n) is 18.0. The van der Waals surface area contributed by atoms with E-state index in [0.717, 1.165) is 21.4 Å². The molecule has 4 rings (SSSR count). The number of aromatic nitrogens is 5. The van der Waals surface area contributed by atoms with Gasteiger partial charge in [-0.1, -0.05) is 6.07 Å². The van der Waals surface area contributed by atoms with Gasteiger partial charge in [0.2, 0.25) is 0 Å². The van der Waals surface area contributed by atoms with Crippen molar-refractivity contribution in [3.63, 3.8) is 0 Å². The van der Waals surface area contributed by atoms with E-state index in [1.165, 1.54) is 12.4 Å². The van der Waals surface area contributed by atoms with Crippen molar-refractivity contribution in [1.29, 1.82) is 0 Å². The molecule has 0 atom stereocenters. The SMILES string of the molecule is CC(=NC1=C(S)CCOc2cc(-c3cnn(S(C)(=O)=O)c3)ccc21)c1ncnn1CC(F)(F)F. The second-order valence-electron chi connectivity index (χ2n) is 7.52. The molecule has 34 heavy (non-hydrogen) atoms. The molecule has 0 saturated heterocycles. The molecule has 9 nitrogen and oxygen atoms in total. The molecular weight excluding hydrogens is 493 g/mol. The van der Waals surface area contributed by atoms with E-state index < -0.39 is 22.7 Å². The van der Waals surface area contributed by atoms with Gasteiger partial charge in [0.1, 0.15) is 18.6 Å². The second-order valence-corrected chi connectivity index (χ2v) is 9.90. The van der Waals surface area contributed by atoms with Gasteiger partial charge in [0.05, 0.1) is 36.7 Å². The van der Waals surface area contributed by atoms with Gasteiger partial charge < -0.3 is 4.74 Å². The molecule has 0 amide bonds. The molecule has 0 bridgehead atoms. The first-order valence-corrected chi connectivity index (χ1v) is 12.2. The fourth-order valence-corrected chi connectivity index (χ4v) is 4.14. The Hall–Kier alpha value is -3.13. The summed E-state index contributed by atoms with van der Waals surface area (Å²) >= 11 is 4.54. The van der Waals surface area contributed by atoms with Gasteiger partial charge >= 0.3 is 6.18 Å². The van der Waals surface area contributed by atoms with Crippen LogP contribution < -0.4 is 4.74 Å². The van der Waals surface area contributed by atoms with E-state index in [1.54, 1.807) is 25.1 Å². The Morgan fingerprint density at radius 2 is 2.03 bits per heavy atom. The summed E-state index contributed by atoms with van der Waals surface area (Å²) in [5, 5.41) is 7.53. The lowest BCUT2D eigenvalue weighted by atomic mass is 10.0. The molecule has 0 spiro atoms. The predicted octanol–water partition coefficient (Wildman–Crippen LogP) is 3.40. The molecule has 0 N–H and O–H groups in total. The Morgan fingerprint density at radius 3 is 2.71 bits per heavy atom. The van der Waals surface area contributed by atoms with Gasteiger partial charge in [0.25, 0.3) is 10.0 Å². The number of rotatable bonds is 5. The zero-order valence-corrected chi connectivity index (χ0v) is 19.7. The standard InChI is InChI=1S/C20H19F3N6O3S2/c1-12(19-24-11-26-28(19)10-20(21,22)23)27-18-15-4-3-13(7-16(15)32-6-5-17(18)33)14-8-25-29(9-14)34(2,30)31/h3-4,7-9,11,33H,5-6,10H2,1-2H3. The van der Waals surface area contributed by atoms with Crippen LogP contribution >= 0.6 is 12.6 Å². The summed E-state index contributed by atoms with van der Waals surface area (Å²) in [5.74, 6) is 0.458. The van der Waals surface area contributed by atoms with Crippen LogP contribution in [0.2, 0.25) is 0 Å². The molecule has 1 aliphatic rings. The van der Waals surface area contributed by atoms with Gasteiger partial charge in [-0.3, -0.25) is 0 Å². The van der Waals surface area contributed by atoms with E-state index in [9.17, 15) is 21.6 Å². The second kappa shape index (κ2) is 8.91. The van der Waals surface area contributed by atoms with Crippen molar-refractivity contribution in [1.82, 2.24) is 24.0 Å². The molecule has 0 saturated carbocycles. The summed E-state index contributed by atoms with van der Waals surface area (Å²) < 4.78 is 69.5. The van der Waals surface area contributed by atoms with Crippen LogP contribution in [-0.4, -0.2) is 57.1 Å². The first kappa shape index (κ1) is 24.0. The van der Waals surface area contributed by atoms with Gasteiger partial charge in [-0.2, -0.15) is 27.5 Å². The van der Waals surface area contributed by atoms with Crippen LogP contribution in [0.3, 0.4) is 0 Å². The number of ether oxygens (including phenoxy) is 1. The Balaban J connectivity index is 1.72. The van der Waals surface area contributed by atoms with Gasteiger partial charge in [-0.15, -0.1) is 12.6 Å². The summed E-state index contributed by atoms with van der Waals surface area (Å²) in [5.41, 5.74) is 2.49. The van der Waals surface area contributed by atoms with Crippen molar-refractivity contribution in [2.45, 2.75) is 26.1 Å². The Kier molecular flexibility index (Phi) is 6.29. The fourth-order valence-electron chi connectivity index (χ4n) is 3.36. The summed E-state index contributed by atoms with van der Waals surface area (Å²) in [6.07, 6.45) is 0.885. The van der Waals surface area contributed by atoms with E-state index in [4.69, 9.17) is 4.74 Å². The highest BCUT2D eigenvalue weighted by Crippen LogP contribution is 2.38. The van der Waals surface area contributed by atoms with Crippen molar-refractivity contribution in [3.8, 4) is 16.9 Å². The monoisotopic (exact) mass is 512 g/mol. The molecule has 0 fully saturated rings. The van der Waals surface area contributed by atoms with Gasteiger partial charge in [-0.25, -0.2) is 23.1 Å². The van der Waals surface area contributed by atoms with Crippen molar-refractivity contribution in [2.75, 3.05) is 12.9 Å². The van der Waals surface area contributed by atoms with Crippen LogP contribution in [0.5, 0.6) is 5.75 Å². The lowest BCUT2D eigenvalue weighted by molar-refractivity contribution is -0.142. The number of nitrogens with zero attached hydrogens (tertiary/aromatic N) is 6. The van der Waals surface area contributed by atoms with Crippen LogP contribution in [0.25, 0.3) is 16.8 Å². The van der Waals surface area contributed by atoms with Crippen LogP contribution in [-0.2, 0) is 16.6 Å². The number of halogens is 3. The third-order valence-corrected chi connectivity index (χ3v) is 6.20. The van der Waals surface area contributed by atoms with E-state index in [-0.39, 0.29) is 11.5 Å². The number of hydrogen-bond donors (Lipinski definition) is 1. The summed E-state index contributed by atoms with van der Waals surface area (Å²) in [4.78, 5) is 9.07. The number of hydrogen-bond acceptors (Lipinski definition) is 8. The average Bonchev–Trinajstić information content (AvgIpc) is 3.37. The van der Waals surface area contributed by atoms with Crippen molar-refractivity contribution < 1.29 is 26.3 Å². The van der Waals surface area contributed by atoms with Crippen molar-refractivity contribution in [2.24, 2.45) is 4.99 Å². The van der Waals surface area contributed by atoms with Crippen LogP contribution in [0.15, 0.2) is 46.8 Å². The Bertz CT molecular complexity index is 1410. The lowest BCUT2D eigenvalue weighted by Gasteiger charge is -2.12. The quantitative estimate of drug-likeness (QED) is 0.415. The number of alkyl halides is 3. The third-order valence-electron chi connectivity index (χ3n) is 4.89. The number of thiol groups is 1. The topological polar surface area (TPSA) is 104 Å². The first-order valence-electron chi connectivity index (χ1n) is 9.87. The highest BCUT2D eigenvalue weighted by atomic mass is 32.2. The number of aliphatic imine (C=N–C) groups is 1. The van der Waals surface area contributed by atoms with Crippen molar-refractivity contribution >= 4 is 34.1 Å². The zero-order chi connectivity index (χ0) is 24.7. The number of fused-ring (bicyclic) bond motifs is 1. The van der Waals surface area contributed by atoms with E-state index >= 15 is 0 Å². The Morgan fingerprint density at radius 1 is 1.26 bits per heavy atom. The minimum Gasteiger partial charge on any atom is -0.492 e. The minimum absolute atomic E-state index is 0.0116. The number of benzene rings is 1. The predicted molar refractivity (Wildman–Crippen MR) is 122 cm³/mol. The largest absolute Gasteiger partial charge is 0.492 e. The Labute approximate surface area is 198 Å². The molecule has 3 aromatic rings. The van der Waals surface area contributed by atoms with Crippen LogP contribution in [0, 0.1) is 0 Å². The van der Waals surface area contributed by atoms with Crippen molar-refractivity contribution in [3.05, 3.63) is 53.2 Å². The first-order chi connectivity index (χ1) is 15.9. The molecule has 0 unspecified atom stereocenters. The molecule has 1 aliphatic heterocycles. The molecule has 14 heteroatoms. The highest BCUT2D eigenvalue weighted by molar-refractivity contribution is 7.89. The third kappa shape index (κ3) is 5.17. The highest BCUT2D eigenvalue weighted by Gasteiger charge is 2.30. The normalized spacial score (nSPS) is 15.2. The molecule has 2 aromatic heterocycles. The fraction of sp³-hybridized carbons (Fsp3) is 0.300. The smallest absolute Gasteiger partial charge is 0.408 e. The van der Waals surface area contributed by atoms with E-state index in [1.807, 2.05) is 0 Å². The van der Waals surface area contributed by atoms with Crippen LogP contribution in [0.1, 0.15) is 24.7 Å². The maximum atomic E-state index is 12.9. The molecule has 0 aliphatic carbocycles.